The predicted molar refractivity (Wildman–Crippen MR) is 82.3 cm³/mol. The normalized spacial score (nSPS) is 10.3. The molecule has 4 nitrogen and oxygen atoms in total. The second-order valence-electron chi connectivity index (χ2n) is 4.27. The molecule has 7 heteroatoms. The zero-order valence-corrected chi connectivity index (χ0v) is 13.3. The van der Waals surface area contributed by atoms with Crippen molar-refractivity contribution in [1.29, 1.82) is 5.26 Å². The molecular formula is C14H9Cl3N2O2. The maximum absolute atomic E-state index is 12.3. The molecule has 0 aliphatic heterocycles. The van der Waals surface area contributed by atoms with Crippen LogP contribution in [0.15, 0.2) is 16.5 Å². The molecule has 108 valence electrons. The quantitative estimate of drug-likeness (QED) is 0.782. The third kappa shape index (κ3) is 2.86. The molecule has 2 aromatic rings. The third-order valence-electron chi connectivity index (χ3n) is 3.00. The van der Waals surface area contributed by atoms with Gasteiger partial charge in [-0.3, -0.25) is 10.1 Å². The molecule has 2 rings (SSSR count). The van der Waals surface area contributed by atoms with Crippen molar-refractivity contribution in [2.75, 3.05) is 5.32 Å². The van der Waals surface area contributed by atoms with E-state index in [-0.39, 0.29) is 32.1 Å². The first-order valence-corrected chi connectivity index (χ1v) is 6.95. The number of nitriles is 1. The van der Waals surface area contributed by atoms with Crippen LogP contribution in [0.25, 0.3) is 0 Å². The van der Waals surface area contributed by atoms with Crippen molar-refractivity contribution < 1.29 is 9.21 Å². The van der Waals surface area contributed by atoms with E-state index in [1.807, 2.05) is 6.07 Å². The number of nitrogens with zero attached hydrogens (tertiary/aromatic N) is 1. The van der Waals surface area contributed by atoms with Crippen molar-refractivity contribution in [3.63, 3.8) is 0 Å². The minimum Gasteiger partial charge on any atom is -0.444 e. The van der Waals surface area contributed by atoms with Crippen LogP contribution in [-0.4, -0.2) is 5.91 Å². The SMILES string of the molecule is Cc1oc(NC(=O)c2c(Cl)ccc(Cl)c2Cl)c(C#N)c1C. The third-order valence-corrected chi connectivity index (χ3v) is 4.11. The zero-order valence-electron chi connectivity index (χ0n) is 11.1. The average molecular weight is 344 g/mol. The van der Waals surface area contributed by atoms with Gasteiger partial charge in [0.1, 0.15) is 17.4 Å². The molecular weight excluding hydrogens is 335 g/mol. The van der Waals surface area contributed by atoms with Crippen LogP contribution < -0.4 is 5.32 Å². The number of benzene rings is 1. The summed E-state index contributed by atoms with van der Waals surface area (Å²) < 4.78 is 5.36. The lowest BCUT2D eigenvalue weighted by atomic mass is 10.1. The van der Waals surface area contributed by atoms with Gasteiger partial charge in [0, 0.05) is 5.56 Å². The first-order valence-electron chi connectivity index (χ1n) is 5.81. The van der Waals surface area contributed by atoms with Crippen LogP contribution >= 0.6 is 34.8 Å². The largest absolute Gasteiger partial charge is 0.444 e. The Kier molecular flexibility index (Phi) is 4.48. The summed E-state index contributed by atoms with van der Waals surface area (Å²) in [7, 11) is 0. The summed E-state index contributed by atoms with van der Waals surface area (Å²) in [6.45, 7) is 3.43. The summed E-state index contributed by atoms with van der Waals surface area (Å²) in [5.41, 5.74) is 0.952. The van der Waals surface area contributed by atoms with E-state index in [0.717, 1.165) is 0 Å². The highest BCUT2D eigenvalue weighted by Gasteiger charge is 2.21. The summed E-state index contributed by atoms with van der Waals surface area (Å²) in [6, 6.07) is 4.94. The van der Waals surface area contributed by atoms with Crippen LogP contribution in [0.5, 0.6) is 0 Å². The molecule has 0 fully saturated rings. The van der Waals surface area contributed by atoms with E-state index in [1.165, 1.54) is 12.1 Å². The van der Waals surface area contributed by atoms with Crippen molar-refractivity contribution in [1.82, 2.24) is 0 Å². The number of hydrogen-bond donors (Lipinski definition) is 1. The Morgan fingerprint density at radius 1 is 1.24 bits per heavy atom. The molecule has 0 radical (unpaired) electrons. The van der Waals surface area contributed by atoms with E-state index in [2.05, 4.69) is 5.32 Å². The van der Waals surface area contributed by atoms with Gasteiger partial charge < -0.3 is 4.42 Å². The lowest BCUT2D eigenvalue weighted by molar-refractivity contribution is 0.102. The molecule has 0 bridgehead atoms. The van der Waals surface area contributed by atoms with Crippen LogP contribution in [0.4, 0.5) is 5.88 Å². The molecule has 1 N–H and O–H groups in total. The van der Waals surface area contributed by atoms with Gasteiger partial charge in [0.2, 0.25) is 5.88 Å². The number of nitrogens with one attached hydrogen (secondary N) is 1. The Bertz CT molecular complexity index is 776. The molecule has 0 saturated carbocycles. The smallest absolute Gasteiger partial charge is 0.261 e. The Morgan fingerprint density at radius 2 is 1.86 bits per heavy atom. The number of carbonyl (C=O) groups is 1. The predicted octanol–water partition coefficient (Wildman–Crippen LogP) is 4.98. The number of carbonyl (C=O) groups excluding carboxylic acids is 1. The van der Waals surface area contributed by atoms with Gasteiger partial charge in [-0.2, -0.15) is 5.26 Å². The number of furan rings is 1. The highest BCUT2D eigenvalue weighted by atomic mass is 35.5. The minimum absolute atomic E-state index is 0.0291. The van der Waals surface area contributed by atoms with Gasteiger partial charge >= 0.3 is 0 Å². The average Bonchev–Trinajstić information content (AvgIpc) is 2.69. The first-order chi connectivity index (χ1) is 9.86. The van der Waals surface area contributed by atoms with Gasteiger partial charge in [0.25, 0.3) is 5.91 Å². The Morgan fingerprint density at radius 3 is 2.48 bits per heavy atom. The summed E-state index contributed by atoms with van der Waals surface area (Å²) >= 11 is 17.8. The summed E-state index contributed by atoms with van der Waals surface area (Å²) in [6.07, 6.45) is 0. The monoisotopic (exact) mass is 342 g/mol. The maximum atomic E-state index is 12.3. The summed E-state index contributed by atoms with van der Waals surface area (Å²) in [5, 5.41) is 12.0. The topological polar surface area (TPSA) is 66.0 Å². The summed E-state index contributed by atoms with van der Waals surface area (Å²) in [5.74, 6) is 0.00694. The van der Waals surface area contributed by atoms with Gasteiger partial charge in [0.15, 0.2) is 0 Å². The minimum atomic E-state index is -0.599. The molecule has 1 aromatic carbocycles. The first kappa shape index (κ1) is 15.7. The van der Waals surface area contributed by atoms with Gasteiger partial charge in [-0.05, 0) is 26.0 Å². The van der Waals surface area contributed by atoms with E-state index in [9.17, 15) is 4.79 Å². The van der Waals surface area contributed by atoms with E-state index in [4.69, 9.17) is 44.5 Å². The van der Waals surface area contributed by atoms with Crippen LogP contribution in [0, 0.1) is 25.2 Å². The molecule has 0 atom stereocenters. The molecule has 1 amide bonds. The molecule has 0 aliphatic carbocycles. The fraction of sp³-hybridized carbons (Fsp3) is 0.143. The molecule has 0 saturated heterocycles. The maximum Gasteiger partial charge on any atom is 0.261 e. The van der Waals surface area contributed by atoms with Crippen LogP contribution in [-0.2, 0) is 0 Å². The highest BCUT2D eigenvalue weighted by Crippen LogP contribution is 2.33. The molecule has 21 heavy (non-hydrogen) atoms. The van der Waals surface area contributed by atoms with Crippen molar-refractivity contribution in [2.45, 2.75) is 13.8 Å². The number of rotatable bonds is 2. The van der Waals surface area contributed by atoms with Crippen molar-refractivity contribution in [2.24, 2.45) is 0 Å². The number of halogens is 3. The van der Waals surface area contributed by atoms with Crippen molar-refractivity contribution in [3.8, 4) is 6.07 Å². The highest BCUT2D eigenvalue weighted by molar-refractivity contribution is 6.46. The Labute approximate surface area is 136 Å². The standard InChI is InChI=1S/C14H9Cl3N2O2/c1-6-7(2)21-14(8(6)5-18)19-13(20)11-9(15)3-4-10(16)12(11)17/h3-4H,1-2H3,(H,19,20). The number of hydrogen-bond acceptors (Lipinski definition) is 3. The number of anilines is 1. The molecule has 0 spiro atoms. The van der Waals surface area contributed by atoms with E-state index < -0.39 is 5.91 Å². The van der Waals surface area contributed by atoms with E-state index in [1.54, 1.807) is 13.8 Å². The fourth-order valence-electron chi connectivity index (χ4n) is 1.75. The van der Waals surface area contributed by atoms with Crippen molar-refractivity contribution in [3.05, 3.63) is 49.7 Å². The van der Waals surface area contributed by atoms with Crippen LogP contribution in [0.2, 0.25) is 15.1 Å². The molecule has 0 unspecified atom stereocenters. The second-order valence-corrected chi connectivity index (χ2v) is 5.46. The lowest BCUT2D eigenvalue weighted by Gasteiger charge is -2.08. The zero-order chi connectivity index (χ0) is 15.7. The molecule has 1 heterocycles. The van der Waals surface area contributed by atoms with Gasteiger partial charge in [-0.1, -0.05) is 34.8 Å². The van der Waals surface area contributed by atoms with Crippen molar-refractivity contribution >= 4 is 46.6 Å². The van der Waals surface area contributed by atoms with E-state index >= 15 is 0 Å². The summed E-state index contributed by atoms with van der Waals surface area (Å²) in [4.78, 5) is 12.3. The molecule has 0 aliphatic rings. The van der Waals surface area contributed by atoms with Gasteiger partial charge in [-0.15, -0.1) is 0 Å². The Hall–Kier alpha value is -1.67. The number of aryl methyl sites for hydroxylation is 1. The number of amides is 1. The second kappa shape index (κ2) is 5.98. The molecule has 1 aromatic heterocycles. The lowest BCUT2D eigenvalue weighted by Crippen LogP contribution is -2.13. The van der Waals surface area contributed by atoms with Gasteiger partial charge in [0.05, 0.1) is 20.6 Å². The van der Waals surface area contributed by atoms with Crippen LogP contribution in [0.3, 0.4) is 0 Å². The fourth-order valence-corrected chi connectivity index (χ4v) is 2.45. The van der Waals surface area contributed by atoms with Gasteiger partial charge in [-0.25, -0.2) is 0 Å². The Balaban J connectivity index is 2.43. The van der Waals surface area contributed by atoms with Crippen LogP contribution in [0.1, 0.15) is 27.2 Å². The van der Waals surface area contributed by atoms with E-state index in [0.29, 0.717) is 11.3 Å².